The number of hydrogen-bond acceptors (Lipinski definition) is 1. The molecular formula is C51H34N2O. The molecule has 0 spiro atoms. The molecule has 0 fully saturated rings. The SMILES string of the molecule is CC1(C)c2cc(-n3c4ccccc4c4ccc(-c5ccc6c7ccccc7n(-c7ccccc7)c6c5)cc43)ccc2-c2c1ccc1c2oc2ccccc21. The minimum atomic E-state index is -0.190. The molecule has 3 nitrogen and oxygen atoms in total. The van der Waals surface area contributed by atoms with E-state index in [-0.39, 0.29) is 5.41 Å². The quantitative estimate of drug-likeness (QED) is 0.181. The summed E-state index contributed by atoms with van der Waals surface area (Å²) in [5.74, 6) is 0. The molecule has 54 heavy (non-hydrogen) atoms. The van der Waals surface area contributed by atoms with Crippen LogP contribution in [0.1, 0.15) is 25.0 Å². The molecule has 0 bridgehead atoms. The normalized spacial score (nSPS) is 13.5. The maximum atomic E-state index is 6.59. The number of para-hydroxylation sites is 4. The van der Waals surface area contributed by atoms with E-state index >= 15 is 0 Å². The Morgan fingerprint density at radius 1 is 0.407 bits per heavy atom. The largest absolute Gasteiger partial charge is 0.455 e. The first kappa shape index (κ1) is 29.7. The predicted octanol–water partition coefficient (Wildman–Crippen LogP) is 13.8. The van der Waals surface area contributed by atoms with Crippen LogP contribution in [0.4, 0.5) is 0 Å². The fourth-order valence-electron chi connectivity index (χ4n) is 9.56. The maximum Gasteiger partial charge on any atom is 0.143 e. The van der Waals surface area contributed by atoms with Crippen LogP contribution in [0.15, 0.2) is 174 Å². The molecule has 254 valence electrons. The van der Waals surface area contributed by atoms with Crippen molar-refractivity contribution in [1.29, 1.82) is 0 Å². The monoisotopic (exact) mass is 690 g/mol. The van der Waals surface area contributed by atoms with E-state index in [9.17, 15) is 0 Å². The Morgan fingerprint density at radius 3 is 1.65 bits per heavy atom. The molecule has 3 aromatic heterocycles. The first-order valence-corrected chi connectivity index (χ1v) is 18.8. The maximum absolute atomic E-state index is 6.59. The second-order valence-corrected chi connectivity index (χ2v) is 15.3. The van der Waals surface area contributed by atoms with Crippen LogP contribution in [0.3, 0.4) is 0 Å². The van der Waals surface area contributed by atoms with E-state index in [0.29, 0.717) is 0 Å². The van der Waals surface area contributed by atoms with Crippen molar-refractivity contribution in [2.24, 2.45) is 0 Å². The van der Waals surface area contributed by atoms with Crippen molar-refractivity contribution >= 4 is 65.6 Å². The van der Waals surface area contributed by atoms with Gasteiger partial charge in [0, 0.05) is 54.7 Å². The lowest BCUT2D eigenvalue weighted by Crippen LogP contribution is -2.15. The molecule has 3 heterocycles. The molecule has 3 heteroatoms. The fraction of sp³-hybridized carbons (Fsp3) is 0.0588. The van der Waals surface area contributed by atoms with Gasteiger partial charge in [-0.05, 0) is 82.4 Å². The zero-order valence-corrected chi connectivity index (χ0v) is 30.0. The number of fused-ring (bicyclic) bond motifs is 13. The van der Waals surface area contributed by atoms with Crippen LogP contribution in [0.2, 0.25) is 0 Å². The summed E-state index contributed by atoms with van der Waals surface area (Å²) >= 11 is 0. The molecule has 1 aliphatic rings. The summed E-state index contributed by atoms with van der Waals surface area (Å²) in [7, 11) is 0. The highest BCUT2D eigenvalue weighted by Gasteiger charge is 2.38. The van der Waals surface area contributed by atoms with Gasteiger partial charge in [-0.2, -0.15) is 0 Å². The van der Waals surface area contributed by atoms with Crippen LogP contribution in [0.5, 0.6) is 0 Å². The molecule has 0 N–H and O–H groups in total. The Bertz CT molecular complexity index is 3350. The minimum Gasteiger partial charge on any atom is -0.455 e. The summed E-state index contributed by atoms with van der Waals surface area (Å²) < 4.78 is 11.4. The van der Waals surface area contributed by atoms with Crippen molar-refractivity contribution in [2.45, 2.75) is 19.3 Å². The Kier molecular flexibility index (Phi) is 5.84. The Morgan fingerprint density at radius 2 is 0.963 bits per heavy atom. The van der Waals surface area contributed by atoms with Gasteiger partial charge in [0.05, 0.1) is 22.1 Å². The van der Waals surface area contributed by atoms with Gasteiger partial charge in [-0.15, -0.1) is 0 Å². The number of aromatic nitrogens is 2. The van der Waals surface area contributed by atoms with Crippen LogP contribution in [-0.4, -0.2) is 9.13 Å². The van der Waals surface area contributed by atoms with Gasteiger partial charge in [0.2, 0.25) is 0 Å². The zero-order valence-electron chi connectivity index (χ0n) is 30.0. The number of furan rings is 1. The highest BCUT2D eigenvalue weighted by Crippen LogP contribution is 2.53. The van der Waals surface area contributed by atoms with Gasteiger partial charge in [-0.1, -0.05) is 129 Å². The summed E-state index contributed by atoms with van der Waals surface area (Å²) in [6, 6.07) is 62.2. The standard InChI is InChI=1S/C51H34N2O/c1-51(2)42-27-26-40-39-16-8-11-19-48(39)54-50(40)49(42)41-25-22-34(30-43(41)51)53-45-18-10-7-15-36(45)38-24-21-32(29-47(38)53)31-20-23-37-35-14-6-9-17-44(35)52(46(37)28-31)33-12-4-3-5-13-33/h3-30H,1-2H3. The molecule has 0 unspecified atom stereocenters. The highest BCUT2D eigenvalue weighted by molar-refractivity contribution is 6.14. The molecule has 0 aliphatic heterocycles. The highest BCUT2D eigenvalue weighted by atomic mass is 16.3. The van der Waals surface area contributed by atoms with E-state index in [0.717, 1.165) is 11.2 Å². The van der Waals surface area contributed by atoms with Crippen molar-refractivity contribution in [3.05, 3.63) is 181 Å². The average molecular weight is 691 g/mol. The lowest BCUT2D eigenvalue weighted by molar-refractivity contribution is 0.653. The topological polar surface area (TPSA) is 23.0 Å². The molecule has 0 saturated carbocycles. The Labute approximate surface area is 311 Å². The zero-order chi connectivity index (χ0) is 35.7. The predicted molar refractivity (Wildman–Crippen MR) is 225 cm³/mol. The van der Waals surface area contributed by atoms with Crippen molar-refractivity contribution in [3.8, 4) is 33.6 Å². The van der Waals surface area contributed by atoms with Crippen LogP contribution < -0.4 is 0 Å². The van der Waals surface area contributed by atoms with Crippen molar-refractivity contribution in [1.82, 2.24) is 9.13 Å². The fourth-order valence-corrected chi connectivity index (χ4v) is 9.56. The molecule has 11 aromatic rings. The molecule has 0 amide bonds. The van der Waals surface area contributed by atoms with Crippen LogP contribution in [0.25, 0.3) is 99.2 Å². The molecular weight excluding hydrogens is 657 g/mol. The lowest BCUT2D eigenvalue weighted by Gasteiger charge is -2.22. The second-order valence-electron chi connectivity index (χ2n) is 15.3. The summed E-state index contributed by atoms with van der Waals surface area (Å²) in [4.78, 5) is 0. The van der Waals surface area contributed by atoms with Gasteiger partial charge < -0.3 is 13.6 Å². The Hall–Kier alpha value is -6.84. The lowest BCUT2D eigenvalue weighted by atomic mass is 9.82. The van der Waals surface area contributed by atoms with E-state index in [1.807, 2.05) is 0 Å². The van der Waals surface area contributed by atoms with E-state index in [4.69, 9.17) is 4.42 Å². The van der Waals surface area contributed by atoms with E-state index in [1.54, 1.807) is 0 Å². The third kappa shape index (κ3) is 3.91. The summed E-state index contributed by atoms with van der Waals surface area (Å²) in [6.07, 6.45) is 0. The Balaban J connectivity index is 1.06. The van der Waals surface area contributed by atoms with E-state index in [2.05, 4.69) is 193 Å². The van der Waals surface area contributed by atoms with E-state index in [1.165, 1.54) is 99.1 Å². The van der Waals surface area contributed by atoms with Gasteiger partial charge in [0.15, 0.2) is 0 Å². The molecule has 0 radical (unpaired) electrons. The van der Waals surface area contributed by atoms with Gasteiger partial charge in [0.1, 0.15) is 11.2 Å². The smallest absolute Gasteiger partial charge is 0.143 e. The second kappa shape index (κ2) is 10.6. The first-order valence-electron chi connectivity index (χ1n) is 18.8. The number of rotatable bonds is 3. The average Bonchev–Trinajstić information content (AvgIpc) is 3.93. The van der Waals surface area contributed by atoms with Crippen molar-refractivity contribution in [2.75, 3.05) is 0 Å². The molecule has 12 rings (SSSR count). The van der Waals surface area contributed by atoms with Crippen LogP contribution in [0, 0.1) is 0 Å². The summed E-state index contributed by atoms with van der Waals surface area (Å²) in [5, 5.41) is 7.37. The molecule has 0 atom stereocenters. The molecule has 0 saturated heterocycles. The number of hydrogen-bond donors (Lipinski definition) is 0. The first-order chi connectivity index (χ1) is 26.5. The van der Waals surface area contributed by atoms with Crippen LogP contribution >= 0.6 is 0 Å². The summed E-state index contributed by atoms with van der Waals surface area (Å²) in [6.45, 7) is 4.70. The van der Waals surface area contributed by atoms with Crippen LogP contribution in [-0.2, 0) is 5.41 Å². The minimum absolute atomic E-state index is 0.190. The van der Waals surface area contributed by atoms with Gasteiger partial charge >= 0.3 is 0 Å². The molecule has 8 aromatic carbocycles. The summed E-state index contributed by atoms with van der Waals surface area (Å²) in [5.41, 5.74) is 16.4. The molecule has 1 aliphatic carbocycles. The number of nitrogens with zero attached hydrogens (tertiary/aromatic N) is 2. The van der Waals surface area contributed by atoms with E-state index < -0.39 is 0 Å². The van der Waals surface area contributed by atoms with Gasteiger partial charge in [-0.25, -0.2) is 0 Å². The van der Waals surface area contributed by atoms with Gasteiger partial charge in [0.25, 0.3) is 0 Å². The van der Waals surface area contributed by atoms with Crippen molar-refractivity contribution in [3.63, 3.8) is 0 Å². The van der Waals surface area contributed by atoms with Gasteiger partial charge in [-0.3, -0.25) is 0 Å². The third-order valence-electron chi connectivity index (χ3n) is 12.1. The third-order valence-corrected chi connectivity index (χ3v) is 12.1. The number of benzene rings is 8. The van der Waals surface area contributed by atoms with Crippen molar-refractivity contribution < 1.29 is 4.42 Å².